The summed E-state index contributed by atoms with van der Waals surface area (Å²) in [6, 6.07) is 16.8. The van der Waals surface area contributed by atoms with Crippen LogP contribution in [0, 0.1) is 6.92 Å². The molecule has 0 heterocycles. The summed E-state index contributed by atoms with van der Waals surface area (Å²) in [5.74, 6) is 0. The Bertz CT molecular complexity index is 620. The lowest BCUT2D eigenvalue weighted by atomic mass is 10.1. The standard InChI is InChI=1S/C18H23N3S/c1-14-5-4-6-17(11-14)20-18(22)19-12-15-7-9-16(10-8-15)13-21(2)3/h4-11H,12-13H2,1-3H3,(H2,19,20,22)/p+1. The minimum Gasteiger partial charge on any atom is -0.358 e. The summed E-state index contributed by atoms with van der Waals surface area (Å²) in [5, 5.41) is 7.10. The van der Waals surface area contributed by atoms with Crippen LogP contribution in [0.2, 0.25) is 0 Å². The molecular formula is C18H24N3S+. The summed E-state index contributed by atoms with van der Waals surface area (Å²) in [5.41, 5.74) is 4.81. The zero-order valence-corrected chi connectivity index (χ0v) is 14.3. The molecule has 0 atom stereocenters. The third kappa shape index (κ3) is 5.47. The molecule has 3 N–H and O–H groups in total. The van der Waals surface area contributed by atoms with Gasteiger partial charge in [-0.05, 0) is 42.4 Å². The van der Waals surface area contributed by atoms with Gasteiger partial charge in [-0.25, -0.2) is 0 Å². The molecule has 0 saturated carbocycles. The summed E-state index contributed by atoms with van der Waals surface area (Å²) >= 11 is 5.34. The van der Waals surface area contributed by atoms with E-state index in [-0.39, 0.29) is 0 Å². The highest BCUT2D eigenvalue weighted by Gasteiger charge is 2.01. The molecule has 0 unspecified atom stereocenters. The summed E-state index contributed by atoms with van der Waals surface area (Å²) in [4.78, 5) is 1.43. The van der Waals surface area contributed by atoms with Crippen molar-refractivity contribution in [2.45, 2.75) is 20.0 Å². The van der Waals surface area contributed by atoms with Crippen molar-refractivity contribution in [2.24, 2.45) is 0 Å². The predicted molar refractivity (Wildman–Crippen MR) is 97.2 cm³/mol. The molecule has 0 saturated heterocycles. The van der Waals surface area contributed by atoms with Crippen LogP contribution in [0.15, 0.2) is 48.5 Å². The van der Waals surface area contributed by atoms with E-state index in [0.717, 1.165) is 18.8 Å². The third-order valence-corrected chi connectivity index (χ3v) is 3.56. The zero-order chi connectivity index (χ0) is 15.9. The van der Waals surface area contributed by atoms with Gasteiger partial charge in [-0.3, -0.25) is 0 Å². The molecule has 0 spiro atoms. The van der Waals surface area contributed by atoms with Crippen LogP contribution in [0.25, 0.3) is 0 Å². The normalized spacial score (nSPS) is 10.5. The molecule has 22 heavy (non-hydrogen) atoms. The third-order valence-electron chi connectivity index (χ3n) is 3.31. The monoisotopic (exact) mass is 314 g/mol. The predicted octanol–water partition coefficient (Wildman–Crippen LogP) is 2.13. The van der Waals surface area contributed by atoms with E-state index in [4.69, 9.17) is 12.2 Å². The van der Waals surface area contributed by atoms with E-state index < -0.39 is 0 Å². The molecule has 4 heteroatoms. The second-order valence-corrected chi connectivity index (χ2v) is 6.29. The first-order valence-electron chi connectivity index (χ1n) is 7.51. The minimum absolute atomic E-state index is 0.646. The van der Waals surface area contributed by atoms with Gasteiger partial charge in [0, 0.05) is 17.8 Å². The van der Waals surface area contributed by atoms with Gasteiger partial charge in [0.25, 0.3) is 0 Å². The molecule has 0 bridgehead atoms. The van der Waals surface area contributed by atoms with Crippen LogP contribution in [0.4, 0.5) is 5.69 Å². The molecule has 0 aliphatic heterocycles. The first-order valence-corrected chi connectivity index (χ1v) is 7.92. The summed E-state index contributed by atoms with van der Waals surface area (Å²) < 4.78 is 0. The van der Waals surface area contributed by atoms with Crippen molar-refractivity contribution in [1.82, 2.24) is 5.32 Å². The molecule has 0 aliphatic rings. The van der Waals surface area contributed by atoms with Crippen molar-refractivity contribution in [2.75, 3.05) is 19.4 Å². The number of hydrogen-bond acceptors (Lipinski definition) is 1. The molecule has 0 aromatic heterocycles. The number of rotatable bonds is 5. The maximum Gasteiger partial charge on any atom is 0.171 e. The average Bonchev–Trinajstić information content (AvgIpc) is 2.46. The number of thiocarbonyl (C=S) groups is 1. The number of aryl methyl sites for hydroxylation is 1. The Balaban J connectivity index is 1.83. The Kier molecular flexibility index (Phi) is 5.92. The SMILES string of the molecule is Cc1cccc(NC(=S)NCc2ccc(C[NH+](C)C)cc2)c1. The molecule has 2 rings (SSSR count). The lowest BCUT2D eigenvalue weighted by Gasteiger charge is -2.12. The van der Waals surface area contributed by atoms with Crippen LogP contribution in [0.3, 0.4) is 0 Å². The van der Waals surface area contributed by atoms with Crippen molar-refractivity contribution >= 4 is 23.0 Å². The van der Waals surface area contributed by atoms with Crippen LogP contribution >= 0.6 is 12.2 Å². The number of benzene rings is 2. The van der Waals surface area contributed by atoms with Gasteiger partial charge in [-0.2, -0.15) is 0 Å². The van der Waals surface area contributed by atoms with Crippen molar-refractivity contribution in [3.8, 4) is 0 Å². The highest BCUT2D eigenvalue weighted by Crippen LogP contribution is 2.09. The Morgan fingerprint density at radius 3 is 2.36 bits per heavy atom. The fourth-order valence-electron chi connectivity index (χ4n) is 2.26. The molecule has 2 aromatic rings. The van der Waals surface area contributed by atoms with Crippen molar-refractivity contribution in [3.63, 3.8) is 0 Å². The molecule has 0 radical (unpaired) electrons. The van der Waals surface area contributed by atoms with E-state index >= 15 is 0 Å². The highest BCUT2D eigenvalue weighted by molar-refractivity contribution is 7.80. The molecule has 2 aromatic carbocycles. The molecule has 0 amide bonds. The van der Waals surface area contributed by atoms with Crippen LogP contribution in [0.5, 0.6) is 0 Å². The number of quaternary nitrogens is 1. The van der Waals surface area contributed by atoms with Crippen LogP contribution in [0.1, 0.15) is 16.7 Å². The van der Waals surface area contributed by atoms with Gasteiger partial charge in [-0.1, -0.05) is 36.4 Å². The van der Waals surface area contributed by atoms with Crippen LogP contribution < -0.4 is 15.5 Å². The van der Waals surface area contributed by atoms with Gasteiger partial charge in [0.15, 0.2) is 5.11 Å². The van der Waals surface area contributed by atoms with Gasteiger partial charge in [0.1, 0.15) is 6.54 Å². The van der Waals surface area contributed by atoms with Gasteiger partial charge in [-0.15, -0.1) is 0 Å². The van der Waals surface area contributed by atoms with Gasteiger partial charge < -0.3 is 15.5 Å². The Morgan fingerprint density at radius 1 is 1.05 bits per heavy atom. The Morgan fingerprint density at radius 2 is 1.73 bits per heavy atom. The fourth-order valence-corrected chi connectivity index (χ4v) is 2.45. The van der Waals surface area contributed by atoms with Crippen molar-refractivity contribution in [3.05, 3.63) is 65.2 Å². The van der Waals surface area contributed by atoms with Crippen LogP contribution in [-0.2, 0) is 13.1 Å². The van der Waals surface area contributed by atoms with E-state index in [0.29, 0.717) is 5.11 Å². The summed E-state index contributed by atoms with van der Waals surface area (Å²) in [6.45, 7) is 3.84. The van der Waals surface area contributed by atoms with Crippen LogP contribution in [-0.4, -0.2) is 19.2 Å². The average molecular weight is 314 g/mol. The van der Waals surface area contributed by atoms with Gasteiger partial charge >= 0.3 is 0 Å². The second-order valence-electron chi connectivity index (χ2n) is 5.88. The number of anilines is 1. The first kappa shape index (κ1) is 16.5. The summed E-state index contributed by atoms with van der Waals surface area (Å²) in [7, 11) is 4.32. The Hall–Kier alpha value is -1.91. The molecule has 116 valence electrons. The smallest absolute Gasteiger partial charge is 0.171 e. The van der Waals surface area contributed by atoms with Gasteiger partial charge in [0.05, 0.1) is 14.1 Å². The molecule has 0 fully saturated rings. The zero-order valence-electron chi connectivity index (χ0n) is 13.4. The lowest BCUT2D eigenvalue weighted by molar-refractivity contribution is -0.872. The van der Waals surface area contributed by atoms with Gasteiger partial charge in [0.2, 0.25) is 0 Å². The minimum atomic E-state index is 0.646. The lowest BCUT2D eigenvalue weighted by Crippen LogP contribution is -3.04. The summed E-state index contributed by atoms with van der Waals surface area (Å²) in [6.07, 6.45) is 0. The first-order chi connectivity index (χ1) is 10.5. The van der Waals surface area contributed by atoms with E-state index in [1.807, 2.05) is 12.1 Å². The molecule has 3 nitrogen and oxygen atoms in total. The van der Waals surface area contributed by atoms with Crippen molar-refractivity contribution in [1.29, 1.82) is 0 Å². The maximum absolute atomic E-state index is 5.34. The number of hydrogen-bond donors (Lipinski definition) is 3. The molecular weight excluding hydrogens is 290 g/mol. The Labute approximate surface area is 138 Å². The van der Waals surface area contributed by atoms with E-state index in [9.17, 15) is 0 Å². The number of nitrogens with one attached hydrogen (secondary N) is 3. The van der Waals surface area contributed by atoms with E-state index in [1.54, 1.807) is 0 Å². The van der Waals surface area contributed by atoms with E-state index in [1.165, 1.54) is 21.6 Å². The molecule has 0 aliphatic carbocycles. The van der Waals surface area contributed by atoms with Crippen molar-refractivity contribution < 1.29 is 4.90 Å². The second kappa shape index (κ2) is 7.92. The fraction of sp³-hybridized carbons (Fsp3) is 0.278. The highest BCUT2D eigenvalue weighted by atomic mass is 32.1. The maximum atomic E-state index is 5.34. The van der Waals surface area contributed by atoms with E-state index in [2.05, 4.69) is 68.1 Å². The largest absolute Gasteiger partial charge is 0.358 e. The topological polar surface area (TPSA) is 28.5 Å². The quantitative estimate of drug-likeness (QED) is 0.739.